The second kappa shape index (κ2) is 7.36. The Morgan fingerprint density at radius 2 is 1.68 bits per heavy atom. The second-order valence-corrected chi connectivity index (χ2v) is 7.44. The van der Waals surface area contributed by atoms with Crippen molar-refractivity contribution in [3.05, 3.63) is 0 Å². The van der Waals surface area contributed by atoms with Gasteiger partial charge in [-0.1, -0.05) is 48.0 Å². The summed E-state index contributed by atoms with van der Waals surface area (Å²) in [6, 6.07) is -0.368. The zero-order valence-corrected chi connectivity index (χ0v) is 13.4. The molecule has 0 aromatic carbocycles. The van der Waals surface area contributed by atoms with E-state index in [2.05, 4.69) is 5.32 Å². The third-order valence-corrected chi connectivity index (χ3v) is 3.18. The van der Waals surface area contributed by atoms with Gasteiger partial charge >= 0.3 is 0 Å². The molecular weight excluding hydrogens is 240 g/mol. The Hall–Kier alpha value is -0.450. The molecule has 0 heterocycles. The highest BCUT2D eigenvalue weighted by atomic mass is 16.3. The van der Waals surface area contributed by atoms with Crippen LogP contribution in [-0.2, 0) is 4.79 Å². The Kier molecular flexibility index (Phi) is 7.19. The van der Waals surface area contributed by atoms with E-state index in [0.29, 0.717) is 6.42 Å². The lowest BCUT2D eigenvalue weighted by Crippen LogP contribution is -2.41. The Morgan fingerprint density at radius 3 is 2.11 bits per heavy atom. The van der Waals surface area contributed by atoms with Crippen molar-refractivity contribution < 1.29 is 9.90 Å². The standard InChI is InChI=1S/C15H32N2O2/c1-14(2,3)12(18)11(16)9-7-8-10-17-13(19)15(4,5)6/h11,13,17,19H,7-10,16H2,1-6H3. The van der Waals surface area contributed by atoms with E-state index in [0.717, 1.165) is 19.4 Å². The molecule has 0 spiro atoms. The van der Waals surface area contributed by atoms with E-state index in [1.165, 1.54) is 0 Å². The molecule has 0 bridgehead atoms. The molecule has 2 unspecified atom stereocenters. The number of carbonyl (C=O) groups is 1. The van der Waals surface area contributed by atoms with Gasteiger partial charge in [-0.2, -0.15) is 0 Å². The number of hydrogen-bond acceptors (Lipinski definition) is 4. The summed E-state index contributed by atoms with van der Waals surface area (Å²) in [7, 11) is 0. The maximum Gasteiger partial charge on any atom is 0.154 e. The number of nitrogens with two attached hydrogens (primary N) is 1. The fourth-order valence-corrected chi connectivity index (χ4v) is 1.72. The molecule has 0 aliphatic carbocycles. The van der Waals surface area contributed by atoms with Crippen molar-refractivity contribution in [1.82, 2.24) is 5.32 Å². The molecule has 0 saturated heterocycles. The minimum absolute atomic E-state index is 0.121. The second-order valence-electron chi connectivity index (χ2n) is 7.44. The van der Waals surface area contributed by atoms with Crippen LogP contribution in [0.15, 0.2) is 0 Å². The number of nitrogens with one attached hydrogen (secondary N) is 1. The van der Waals surface area contributed by atoms with Crippen LogP contribution in [0.2, 0.25) is 0 Å². The van der Waals surface area contributed by atoms with Gasteiger partial charge in [0.1, 0.15) is 6.23 Å². The predicted octanol–water partition coefficient (Wildman–Crippen LogP) is 2.05. The molecule has 0 amide bonds. The van der Waals surface area contributed by atoms with Gasteiger partial charge in [0.05, 0.1) is 6.04 Å². The third-order valence-electron chi connectivity index (χ3n) is 3.18. The van der Waals surface area contributed by atoms with E-state index in [-0.39, 0.29) is 22.7 Å². The number of carbonyl (C=O) groups excluding carboxylic acids is 1. The molecule has 4 nitrogen and oxygen atoms in total. The first-order valence-electron chi connectivity index (χ1n) is 7.17. The van der Waals surface area contributed by atoms with E-state index in [4.69, 9.17) is 5.73 Å². The first-order valence-corrected chi connectivity index (χ1v) is 7.17. The van der Waals surface area contributed by atoms with Crippen LogP contribution in [-0.4, -0.2) is 29.7 Å². The highest BCUT2D eigenvalue weighted by Crippen LogP contribution is 2.19. The summed E-state index contributed by atoms with van der Waals surface area (Å²) in [4.78, 5) is 11.9. The molecular formula is C15H32N2O2. The third kappa shape index (κ3) is 7.65. The van der Waals surface area contributed by atoms with Crippen LogP contribution in [0.3, 0.4) is 0 Å². The van der Waals surface area contributed by atoms with Crippen molar-refractivity contribution in [3.63, 3.8) is 0 Å². The van der Waals surface area contributed by atoms with Gasteiger partial charge in [-0.3, -0.25) is 10.1 Å². The highest BCUT2D eigenvalue weighted by molar-refractivity contribution is 5.88. The molecule has 19 heavy (non-hydrogen) atoms. The van der Waals surface area contributed by atoms with Gasteiger partial charge in [0.15, 0.2) is 5.78 Å². The fraction of sp³-hybridized carbons (Fsp3) is 0.933. The summed E-state index contributed by atoms with van der Waals surface area (Å²) in [5.41, 5.74) is 5.38. The molecule has 2 atom stereocenters. The maximum absolute atomic E-state index is 11.9. The average molecular weight is 272 g/mol. The van der Waals surface area contributed by atoms with Gasteiger partial charge in [-0.05, 0) is 19.4 Å². The van der Waals surface area contributed by atoms with Gasteiger partial charge in [0, 0.05) is 10.8 Å². The predicted molar refractivity (Wildman–Crippen MR) is 79.8 cm³/mol. The number of aliphatic hydroxyl groups excluding tert-OH is 1. The van der Waals surface area contributed by atoms with Crippen molar-refractivity contribution >= 4 is 5.78 Å². The summed E-state index contributed by atoms with van der Waals surface area (Å²) in [6.07, 6.45) is 2.02. The minimum atomic E-state index is -0.502. The summed E-state index contributed by atoms with van der Waals surface area (Å²) in [5.74, 6) is 0.121. The maximum atomic E-state index is 11.9. The van der Waals surface area contributed by atoms with E-state index in [1.807, 2.05) is 41.5 Å². The number of aliphatic hydroxyl groups is 1. The average Bonchev–Trinajstić information content (AvgIpc) is 2.24. The Morgan fingerprint density at radius 1 is 1.16 bits per heavy atom. The molecule has 4 heteroatoms. The SMILES string of the molecule is CC(C)(C)C(=O)C(N)CCCCNC(O)C(C)(C)C. The molecule has 0 aromatic rings. The monoisotopic (exact) mass is 272 g/mol. The summed E-state index contributed by atoms with van der Waals surface area (Å²) >= 11 is 0. The zero-order chi connectivity index (χ0) is 15.3. The van der Waals surface area contributed by atoms with Crippen LogP contribution < -0.4 is 11.1 Å². The van der Waals surface area contributed by atoms with Gasteiger partial charge < -0.3 is 10.8 Å². The zero-order valence-electron chi connectivity index (χ0n) is 13.4. The lowest BCUT2D eigenvalue weighted by Gasteiger charge is -2.26. The number of unbranched alkanes of at least 4 members (excludes halogenated alkanes) is 1. The normalized spacial score (nSPS) is 16.2. The molecule has 0 radical (unpaired) electrons. The van der Waals surface area contributed by atoms with Crippen molar-refractivity contribution in [3.8, 4) is 0 Å². The van der Waals surface area contributed by atoms with E-state index < -0.39 is 6.23 Å². The molecule has 0 aliphatic rings. The quantitative estimate of drug-likeness (QED) is 0.490. The van der Waals surface area contributed by atoms with Crippen LogP contribution in [0.25, 0.3) is 0 Å². The van der Waals surface area contributed by atoms with Crippen LogP contribution in [0, 0.1) is 10.8 Å². The van der Waals surface area contributed by atoms with Crippen molar-refractivity contribution in [2.45, 2.75) is 73.1 Å². The number of ketones is 1. The number of hydrogen-bond donors (Lipinski definition) is 3. The van der Waals surface area contributed by atoms with Gasteiger partial charge in [0.2, 0.25) is 0 Å². The number of Topliss-reactive ketones (excluding diaryl/α,β-unsaturated/α-hetero) is 1. The van der Waals surface area contributed by atoms with E-state index in [9.17, 15) is 9.90 Å². The first kappa shape index (κ1) is 18.6. The van der Waals surface area contributed by atoms with E-state index in [1.54, 1.807) is 0 Å². The Labute approximate surface area is 118 Å². The molecule has 0 aliphatic heterocycles. The fourth-order valence-electron chi connectivity index (χ4n) is 1.72. The first-order chi connectivity index (χ1) is 8.46. The highest BCUT2D eigenvalue weighted by Gasteiger charge is 2.26. The van der Waals surface area contributed by atoms with Crippen LogP contribution in [0.4, 0.5) is 0 Å². The van der Waals surface area contributed by atoms with Crippen LogP contribution >= 0.6 is 0 Å². The lowest BCUT2D eigenvalue weighted by atomic mass is 9.85. The summed E-state index contributed by atoms with van der Waals surface area (Å²) in [5, 5.41) is 12.9. The van der Waals surface area contributed by atoms with Crippen molar-refractivity contribution in [2.75, 3.05) is 6.54 Å². The molecule has 4 N–H and O–H groups in total. The van der Waals surface area contributed by atoms with Gasteiger partial charge in [-0.25, -0.2) is 0 Å². The molecule has 0 saturated carbocycles. The molecule has 114 valence electrons. The molecule has 0 rings (SSSR count). The minimum Gasteiger partial charge on any atom is -0.378 e. The smallest absolute Gasteiger partial charge is 0.154 e. The van der Waals surface area contributed by atoms with Gasteiger partial charge in [-0.15, -0.1) is 0 Å². The topological polar surface area (TPSA) is 75.4 Å². The Balaban J connectivity index is 3.80. The molecule has 0 fully saturated rings. The summed E-state index contributed by atoms with van der Waals surface area (Å²) < 4.78 is 0. The van der Waals surface area contributed by atoms with Crippen molar-refractivity contribution in [2.24, 2.45) is 16.6 Å². The number of rotatable bonds is 7. The van der Waals surface area contributed by atoms with Crippen molar-refractivity contribution in [1.29, 1.82) is 0 Å². The van der Waals surface area contributed by atoms with E-state index >= 15 is 0 Å². The summed E-state index contributed by atoms with van der Waals surface area (Å²) in [6.45, 7) is 12.4. The largest absolute Gasteiger partial charge is 0.378 e. The molecule has 0 aromatic heterocycles. The van der Waals surface area contributed by atoms with Gasteiger partial charge in [0.25, 0.3) is 0 Å². The van der Waals surface area contributed by atoms with Crippen LogP contribution in [0.1, 0.15) is 60.8 Å². The lowest BCUT2D eigenvalue weighted by molar-refractivity contribution is -0.127. The van der Waals surface area contributed by atoms with Crippen LogP contribution in [0.5, 0.6) is 0 Å². The Bertz CT molecular complexity index is 277.